The molecule has 0 unspecified atom stereocenters. The number of benzene rings is 1. The van der Waals surface area contributed by atoms with Crippen LogP contribution in [0.1, 0.15) is 91.0 Å². The van der Waals surface area contributed by atoms with Crippen LogP contribution in [0, 0.1) is 29.9 Å². The minimum atomic E-state index is -3.37. The summed E-state index contributed by atoms with van der Waals surface area (Å²) >= 11 is 0. The van der Waals surface area contributed by atoms with Crippen LogP contribution in [-0.4, -0.2) is 39.1 Å². The predicted octanol–water partition coefficient (Wildman–Crippen LogP) is 6.35. The molecule has 222 valence electrons. The summed E-state index contributed by atoms with van der Waals surface area (Å²) in [6, 6.07) is 6.83. The van der Waals surface area contributed by atoms with Gasteiger partial charge in [-0.1, -0.05) is 37.5 Å². The smallest absolute Gasteiger partial charge is 0.276 e. The molecule has 10 heteroatoms. The summed E-state index contributed by atoms with van der Waals surface area (Å²) < 4.78 is 72.4. The Morgan fingerprint density at radius 1 is 1.10 bits per heavy atom. The molecule has 42 heavy (non-hydrogen) atoms. The van der Waals surface area contributed by atoms with Gasteiger partial charge in [0.1, 0.15) is 23.1 Å². The Balaban J connectivity index is 1.49. The van der Waals surface area contributed by atoms with Crippen molar-refractivity contribution in [2.24, 2.45) is 5.92 Å². The second-order valence-corrected chi connectivity index (χ2v) is 12.2. The van der Waals surface area contributed by atoms with E-state index in [-0.39, 0.29) is 40.6 Å². The number of hydrogen-bond donors (Lipinski definition) is 1. The van der Waals surface area contributed by atoms with Gasteiger partial charge in [-0.2, -0.15) is 5.26 Å². The van der Waals surface area contributed by atoms with Crippen LogP contribution in [0.15, 0.2) is 29.1 Å². The number of fused-ring (bicyclic) bond motifs is 8. The summed E-state index contributed by atoms with van der Waals surface area (Å²) in [4.78, 5) is 24.7. The van der Waals surface area contributed by atoms with Crippen LogP contribution in [0.2, 0.25) is 0 Å². The van der Waals surface area contributed by atoms with E-state index in [9.17, 15) is 10.1 Å². The van der Waals surface area contributed by atoms with Gasteiger partial charge in [0.2, 0.25) is 0 Å². The van der Waals surface area contributed by atoms with Crippen molar-refractivity contribution in [3.63, 3.8) is 0 Å². The molecule has 8 bridgehead atoms. The Morgan fingerprint density at radius 2 is 1.83 bits per heavy atom. The summed E-state index contributed by atoms with van der Waals surface area (Å²) in [6.45, 7) is 1.07. The Morgan fingerprint density at radius 3 is 2.55 bits per heavy atom. The molecule has 1 aromatic carbocycles. The molecule has 0 radical (unpaired) electrons. The number of nitrogens with zero attached hydrogens (tertiary/aromatic N) is 5. The van der Waals surface area contributed by atoms with Gasteiger partial charge in [0.05, 0.1) is 28.5 Å². The van der Waals surface area contributed by atoms with Crippen molar-refractivity contribution in [2.45, 2.75) is 89.1 Å². The molecule has 7 rings (SSSR count). The number of rotatable bonds is 1. The molecule has 0 spiro atoms. The zero-order chi connectivity index (χ0) is 32.1. The zero-order valence-corrected chi connectivity index (χ0v) is 23.7. The number of alkyl halides is 2. The SMILES string of the molecule is [2H]C([2H])([2H])c1nc2c3cc(C4(C#N)CC4)c(=O)n(c3n1)CCCCCCCN1CC(C1)CC(F)(F)c1cccc(c1F)[C@@H](C)N2. The Hall–Kier alpha value is -3.45. The predicted molar refractivity (Wildman–Crippen MR) is 155 cm³/mol. The molecule has 1 N–H and O–H groups in total. The highest BCUT2D eigenvalue weighted by molar-refractivity contribution is 5.88. The van der Waals surface area contributed by atoms with Crippen molar-refractivity contribution in [3.05, 3.63) is 63.0 Å². The summed E-state index contributed by atoms with van der Waals surface area (Å²) in [6.07, 6.45) is 4.84. The molecule has 3 aromatic rings. The molecule has 3 aliphatic heterocycles. The fourth-order valence-electron chi connectivity index (χ4n) is 6.52. The molecule has 4 aliphatic rings. The number of nitrogens with one attached hydrogen (secondary N) is 1. The molecule has 1 aliphatic carbocycles. The average Bonchev–Trinajstić information content (AvgIpc) is 3.76. The minimum Gasteiger partial charge on any atom is -0.363 e. The fraction of sp³-hybridized carbons (Fsp3) is 0.562. The van der Waals surface area contributed by atoms with E-state index < -0.39 is 47.9 Å². The van der Waals surface area contributed by atoms with Gasteiger partial charge in [-0.15, -0.1) is 0 Å². The quantitative estimate of drug-likeness (QED) is 0.361. The molecule has 1 saturated heterocycles. The van der Waals surface area contributed by atoms with Crippen LogP contribution < -0.4 is 10.9 Å². The van der Waals surface area contributed by atoms with Gasteiger partial charge in [-0.3, -0.25) is 9.36 Å². The summed E-state index contributed by atoms with van der Waals surface area (Å²) in [5.74, 6) is -5.09. The average molecular weight is 582 g/mol. The second-order valence-electron chi connectivity index (χ2n) is 12.2. The van der Waals surface area contributed by atoms with E-state index in [1.807, 2.05) is 0 Å². The second kappa shape index (κ2) is 11.0. The van der Waals surface area contributed by atoms with Gasteiger partial charge < -0.3 is 10.2 Å². The van der Waals surface area contributed by atoms with E-state index in [2.05, 4.69) is 26.3 Å². The lowest BCUT2D eigenvalue weighted by atomic mass is 9.88. The van der Waals surface area contributed by atoms with Gasteiger partial charge in [-0.05, 0) is 58.0 Å². The largest absolute Gasteiger partial charge is 0.363 e. The number of aryl methyl sites for hydroxylation is 2. The third-order valence-corrected chi connectivity index (χ3v) is 9.10. The van der Waals surface area contributed by atoms with Crippen molar-refractivity contribution >= 4 is 16.9 Å². The van der Waals surface area contributed by atoms with E-state index >= 15 is 13.2 Å². The highest BCUT2D eigenvalue weighted by Gasteiger charge is 2.47. The normalized spacial score (nSPS) is 26.8. The Bertz CT molecular complexity index is 1710. The van der Waals surface area contributed by atoms with E-state index in [1.165, 1.54) is 16.7 Å². The van der Waals surface area contributed by atoms with Crippen LogP contribution in [0.3, 0.4) is 0 Å². The van der Waals surface area contributed by atoms with Crippen molar-refractivity contribution in [3.8, 4) is 6.07 Å². The number of aromatic nitrogens is 3. The summed E-state index contributed by atoms with van der Waals surface area (Å²) in [5.41, 5.74) is -1.64. The molecule has 0 amide bonds. The topological polar surface area (TPSA) is 86.8 Å². The number of halogens is 3. The van der Waals surface area contributed by atoms with Crippen LogP contribution in [0.4, 0.5) is 19.0 Å². The van der Waals surface area contributed by atoms with Crippen molar-refractivity contribution in [1.29, 1.82) is 5.26 Å². The van der Waals surface area contributed by atoms with E-state index in [1.54, 1.807) is 13.0 Å². The molecule has 7 nitrogen and oxygen atoms in total. The van der Waals surface area contributed by atoms with Crippen molar-refractivity contribution in [2.75, 3.05) is 25.0 Å². The first-order valence-corrected chi connectivity index (χ1v) is 14.9. The van der Waals surface area contributed by atoms with Gasteiger partial charge in [0.15, 0.2) is 0 Å². The molecule has 1 atom stereocenters. The molecule has 2 fully saturated rings. The zero-order valence-electron chi connectivity index (χ0n) is 26.7. The molecule has 5 heterocycles. The van der Waals surface area contributed by atoms with Gasteiger partial charge in [0, 0.05) is 41.3 Å². The molecular weight excluding hydrogens is 541 g/mol. The third kappa shape index (κ3) is 5.28. The Kier molecular flexibility index (Phi) is 6.57. The van der Waals surface area contributed by atoms with Crippen molar-refractivity contribution < 1.29 is 17.3 Å². The maximum atomic E-state index is 15.9. The lowest BCUT2D eigenvalue weighted by Gasteiger charge is -2.41. The summed E-state index contributed by atoms with van der Waals surface area (Å²) in [5, 5.41) is 13.3. The van der Waals surface area contributed by atoms with Crippen LogP contribution in [-0.2, 0) is 17.9 Å². The lowest BCUT2D eigenvalue weighted by Crippen LogP contribution is -2.48. The number of anilines is 1. The van der Waals surface area contributed by atoms with Crippen LogP contribution in [0.25, 0.3) is 11.0 Å². The highest BCUT2D eigenvalue weighted by atomic mass is 19.3. The molecular formula is C32H37F3N6O. The number of nitriles is 1. The van der Waals surface area contributed by atoms with Gasteiger partial charge >= 0.3 is 0 Å². The van der Waals surface area contributed by atoms with E-state index in [0.29, 0.717) is 37.7 Å². The van der Waals surface area contributed by atoms with E-state index in [4.69, 9.17) is 4.11 Å². The fourth-order valence-corrected chi connectivity index (χ4v) is 6.52. The highest BCUT2D eigenvalue weighted by Crippen LogP contribution is 2.47. The lowest BCUT2D eigenvalue weighted by molar-refractivity contribution is -0.0592. The van der Waals surface area contributed by atoms with Crippen LogP contribution in [0.5, 0.6) is 0 Å². The number of hydrogen-bond acceptors (Lipinski definition) is 6. The van der Waals surface area contributed by atoms with Gasteiger partial charge in [0.25, 0.3) is 11.5 Å². The van der Waals surface area contributed by atoms with E-state index in [0.717, 1.165) is 38.3 Å². The monoisotopic (exact) mass is 581 g/mol. The Labute approximate surface area is 248 Å². The maximum Gasteiger partial charge on any atom is 0.276 e. The first-order valence-electron chi connectivity index (χ1n) is 16.4. The minimum absolute atomic E-state index is 0.0272. The third-order valence-electron chi connectivity index (χ3n) is 9.10. The first-order chi connectivity index (χ1) is 21.3. The first kappa shape index (κ1) is 25.1. The molecule has 2 aromatic heterocycles. The molecule has 1 saturated carbocycles. The van der Waals surface area contributed by atoms with Crippen LogP contribution >= 0.6 is 0 Å². The van der Waals surface area contributed by atoms with Gasteiger partial charge in [-0.25, -0.2) is 23.1 Å². The maximum absolute atomic E-state index is 15.9. The number of pyridine rings is 1. The standard InChI is InChI=1S/C32H37F3N6O/c1-20-23-9-8-10-25(27(23)33)32(34,35)16-22-17-40(18-22)13-6-4-3-5-7-14-41-29-24(28(37-20)38-21(2)39-29)15-26(30(41)42)31(19-36)11-12-31/h8-10,15,20,22H,3-7,11-14,16-18H2,1-2H3,(H,37,38,39)/t20-/m1/s1/i2D3. The summed E-state index contributed by atoms with van der Waals surface area (Å²) in [7, 11) is 0. The van der Waals surface area contributed by atoms with Crippen molar-refractivity contribution in [1.82, 2.24) is 19.4 Å².